The summed E-state index contributed by atoms with van der Waals surface area (Å²) < 4.78 is 50.0. The monoisotopic (exact) mass is 414 g/mol. The number of nitrogens with one attached hydrogen (secondary N) is 1. The molecule has 1 radical (unpaired) electrons. The number of hydrogen-bond acceptors (Lipinski definition) is 5. The van der Waals surface area contributed by atoms with Crippen LogP contribution in [0.4, 0.5) is 19.0 Å². The van der Waals surface area contributed by atoms with E-state index in [0.717, 1.165) is 17.2 Å². The molecule has 8 nitrogen and oxygen atoms in total. The van der Waals surface area contributed by atoms with Crippen molar-refractivity contribution < 1.29 is 27.4 Å². The molecule has 3 rings (SSSR count). The van der Waals surface area contributed by atoms with Crippen LogP contribution < -0.4 is 10.1 Å². The molecule has 1 atom stereocenters. The highest BCUT2D eigenvalue weighted by Gasteiger charge is 2.30. The molecule has 0 aromatic carbocycles. The highest BCUT2D eigenvalue weighted by molar-refractivity contribution is 6.02. The largest absolute Gasteiger partial charge is 0.467 e. The summed E-state index contributed by atoms with van der Waals surface area (Å²) in [7, 11) is 1.45. The smallest absolute Gasteiger partial charge is 0.422 e. The summed E-state index contributed by atoms with van der Waals surface area (Å²) >= 11 is 0. The van der Waals surface area contributed by atoms with Crippen LogP contribution in [0.15, 0.2) is 12.1 Å². The number of carbonyl (C=O) groups is 1. The Morgan fingerprint density at radius 3 is 2.62 bits per heavy atom. The maximum atomic E-state index is 12.7. The van der Waals surface area contributed by atoms with Gasteiger partial charge in [0.25, 0.3) is 5.91 Å². The summed E-state index contributed by atoms with van der Waals surface area (Å²) in [5, 5.41) is 11.1. The van der Waals surface area contributed by atoms with Crippen LogP contribution in [-0.4, -0.2) is 44.9 Å². The molecule has 3 heterocycles. The first kappa shape index (κ1) is 21.2. The molecule has 1 aliphatic rings. The minimum absolute atomic E-state index is 0.0517. The Hall–Kier alpha value is -2.56. The third kappa shape index (κ3) is 5.08. The SMILES string of the molecule is Cn1nc(OCC(F)(F)F)cc1C(=O)Nc1cc([C@H]2C[CH]CO2)nn1C(C)(C)C. The number of halogens is 3. The van der Waals surface area contributed by atoms with Gasteiger partial charge in [0.2, 0.25) is 5.88 Å². The van der Waals surface area contributed by atoms with E-state index in [9.17, 15) is 18.0 Å². The second-order valence-electron chi connectivity index (χ2n) is 7.73. The molecule has 159 valence electrons. The fourth-order valence-corrected chi connectivity index (χ4v) is 2.90. The van der Waals surface area contributed by atoms with Gasteiger partial charge in [-0.15, -0.1) is 5.10 Å². The zero-order valence-corrected chi connectivity index (χ0v) is 16.6. The summed E-state index contributed by atoms with van der Waals surface area (Å²) in [5.41, 5.74) is 0.329. The number of carbonyl (C=O) groups excluding carboxylic acids is 1. The van der Waals surface area contributed by atoms with Crippen molar-refractivity contribution in [1.82, 2.24) is 19.6 Å². The van der Waals surface area contributed by atoms with Crippen molar-refractivity contribution in [2.75, 3.05) is 18.5 Å². The fraction of sp³-hybridized carbons (Fsp3) is 0.556. The fourth-order valence-electron chi connectivity index (χ4n) is 2.90. The lowest BCUT2D eigenvalue weighted by Gasteiger charge is -2.22. The van der Waals surface area contributed by atoms with E-state index in [1.54, 1.807) is 10.7 Å². The van der Waals surface area contributed by atoms with Crippen LogP contribution in [-0.2, 0) is 17.3 Å². The Morgan fingerprint density at radius 1 is 1.31 bits per heavy atom. The molecular weight excluding hydrogens is 391 g/mol. The third-order valence-corrected chi connectivity index (χ3v) is 4.20. The predicted octanol–water partition coefficient (Wildman–Crippen LogP) is 3.23. The molecule has 29 heavy (non-hydrogen) atoms. The van der Waals surface area contributed by atoms with Crippen LogP contribution in [0.2, 0.25) is 0 Å². The minimum atomic E-state index is -4.49. The number of rotatable bonds is 5. The molecular formula is C18H23F3N5O3. The van der Waals surface area contributed by atoms with Crippen LogP contribution in [0.3, 0.4) is 0 Å². The molecule has 0 saturated carbocycles. The molecule has 0 spiro atoms. The van der Waals surface area contributed by atoms with Crippen LogP contribution in [0.1, 0.15) is 49.5 Å². The standard InChI is InChI=1S/C18H23F3N5O3/c1-17(2,3)26-14(8-11(23-26)13-6-5-7-28-13)22-16(27)12-9-15(24-25(12)4)29-10-18(19,20)21/h5,8-9,13H,6-7,10H2,1-4H3,(H,22,27)/t13-/m1/s1. The van der Waals surface area contributed by atoms with Crippen LogP contribution in [0, 0.1) is 6.42 Å². The van der Waals surface area contributed by atoms with Gasteiger partial charge in [-0.25, -0.2) is 4.68 Å². The zero-order valence-electron chi connectivity index (χ0n) is 16.6. The zero-order chi connectivity index (χ0) is 21.4. The third-order valence-electron chi connectivity index (χ3n) is 4.20. The van der Waals surface area contributed by atoms with Crippen molar-refractivity contribution in [3.63, 3.8) is 0 Å². The van der Waals surface area contributed by atoms with E-state index in [4.69, 9.17) is 4.74 Å². The molecule has 11 heteroatoms. The van der Waals surface area contributed by atoms with Crippen LogP contribution in [0.5, 0.6) is 5.88 Å². The van der Waals surface area contributed by atoms with Crippen molar-refractivity contribution in [3.8, 4) is 5.88 Å². The molecule has 0 unspecified atom stereocenters. The van der Waals surface area contributed by atoms with Crippen molar-refractivity contribution in [1.29, 1.82) is 0 Å². The highest BCUT2D eigenvalue weighted by Crippen LogP contribution is 2.31. The van der Waals surface area contributed by atoms with E-state index in [1.165, 1.54) is 7.05 Å². The molecule has 1 N–H and O–H groups in total. The van der Waals surface area contributed by atoms with Gasteiger partial charge in [-0.1, -0.05) is 0 Å². The van der Waals surface area contributed by atoms with Gasteiger partial charge >= 0.3 is 6.18 Å². The Kier molecular flexibility index (Phi) is 5.61. The number of anilines is 1. The molecule has 1 amide bonds. The summed E-state index contributed by atoms with van der Waals surface area (Å²) in [5.74, 6) is -0.375. The second-order valence-corrected chi connectivity index (χ2v) is 7.73. The van der Waals surface area contributed by atoms with Gasteiger partial charge < -0.3 is 14.8 Å². The number of aromatic nitrogens is 4. The molecule has 0 aliphatic carbocycles. The molecule has 1 saturated heterocycles. The quantitative estimate of drug-likeness (QED) is 0.812. The normalized spacial score (nSPS) is 17.6. The van der Waals surface area contributed by atoms with E-state index in [-0.39, 0.29) is 17.7 Å². The summed E-state index contributed by atoms with van der Waals surface area (Å²) in [6.45, 7) is 4.88. The summed E-state index contributed by atoms with van der Waals surface area (Å²) in [6, 6.07) is 2.90. The maximum absolute atomic E-state index is 12.7. The van der Waals surface area contributed by atoms with Gasteiger partial charge in [-0.2, -0.15) is 18.3 Å². The number of aryl methyl sites for hydroxylation is 1. The molecule has 2 aromatic rings. The average Bonchev–Trinajstić information content (AvgIpc) is 3.30. The number of nitrogens with zero attached hydrogens (tertiary/aromatic N) is 4. The minimum Gasteiger partial charge on any atom is -0.467 e. The van der Waals surface area contributed by atoms with E-state index < -0.39 is 24.2 Å². The first-order valence-electron chi connectivity index (χ1n) is 9.03. The number of amides is 1. The van der Waals surface area contributed by atoms with Crippen LogP contribution in [0.25, 0.3) is 0 Å². The lowest BCUT2D eigenvalue weighted by Crippen LogP contribution is -2.27. The molecule has 2 aromatic heterocycles. The topological polar surface area (TPSA) is 83.2 Å². The van der Waals surface area contributed by atoms with Gasteiger partial charge in [-0.3, -0.25) is 9.48 Å². The van der Waals surface area contributed by atoms with Gasteiger partial charge in [0.15, 0.2) is 6.61 Å². The Labute approximate surface area is 166 Å². The lowest BCUT2D eigenvalue weighted by atomic mass is 10.1. The second kappa shape index (κ2) is 7.69. The van der Waals surface area contributed by atoms with Crippen LogP contribution >= 0.6 is 0 Å². The predicted molar refractivity (Wildman–Crippen MR) is 97.5 cm³/mol. The average molecular weight is 414 g/mol. The first-order valence-corrected chi connectivity index (χ1v) is 9.03. The van der Waals surface area contributed by atoms with Gasteiger partial charge in [0.05, 0.1) is 17.8 Å². The Bertz CT molecular complexity index is 876. The Morgan fingerprint density at radius 2 is 2.03 bits per heavy atom. The summed E-state index contributed by atoms with van der Waals surface area (Å²) in [6.07, 6.45) is -1.92. The van der Waals surface area contributed by atoms with Gasteiger partial charge in [-0.05, 0) is 33.6 Å². The highest BCUT2D eigenvalue weighted by atomic mass is 19.4. The van der Waals surface area contributed by atoms with Crippen molar-refractivity contribution in [3.05, 3.63) is 29.9 Å². The molecule has 0 bridgehead atoms. The van der Waals surface area contributed by atoms with E-state index in [2.05, 4.69) is 20.3 Å². The van der Waals surface area contributed by atoms with Gasteiger partial charge in [0, 0.05) is 19.2 Å². The van der Waals surface area contributed by atoms with Gasteiger partial charge in [0.1, 0.15) is 17.6 Å². The number of alkyl halides is 3. The number of hydrogen-bond donors (Lipinski definition) is 1. The summed E-state index contributed by atoms with van der Waals surface area (Å²) in [4.78, 5) is 12.7. The number of ether oxygens (including phenoxy) is 2. The molecule has 1 fully saturated rings. The lowest BCUT2D eigenvalue weighted by molar-refractivity contribution is -0.154. The maximum Gasteiger partial charge on any atom is 0.422 e. The van der Waals surface area contributed by atoms with E-state index in [1.807, 2.05) is 27.2 Å². The first-order chi connectivity index (χ1) is 13.4. The van der Waals surface area contributed by atoms with Crippen molar-refractivity contribution >= 4 is 11.7 Å². The van der Waals surface area contributed by atoms with Crippen molar-refractivity contribution in [2.24, 2.45) is 7.05 Å². The Balaban J connectivity index is 1.80. The van der Waals surface area contributed by atoms with Crippen molar-refractivity contribution in [2.45, 2.75) is 45.0 Å². The van der Waals surface area contributed by atoms with E-state index in [0.29, 0.717) is 18.1 Å². The molecule has 1 aliphatic heterocycles. The van der Waals surface area contributed by atoms with E-state index >= 15 is 0 Å².